The summed E-state index contributed by atoms with van der Waals surface area (Å²) in [6.07, 6.45) is 0.469. The van der Waals surface area contributed by atoms with E-state index in [0.717, 1.165) is 44.5 Å². The molecule has 2 fully saturated rings. The fraction of sp³-hybridized carbons (Fsp3) is 0.500. The monoisotopic (exact) mass is 428 g/mol. The van der Waals surface area contributed by atoms with Gasteiger partial charge in [0.25, 0.3) is 0 Å². The molecule has 1 aromatic heterocycles. The zero-order valence-corrected chi connectivity index (χ0v) is 18.2. The number of anilines is 2. The molecule has 166 valence electrons. The Hall–Kier alpha value is -2.78. The molecule has 2 N–H and O–H groups in total. The summed E-state index contributed by atoms with van der Waals surface area (Å²) in [4.78, 5) is 24.1. The number of rotatable bonds is 6. The highest BCUT2D eigenvalue weighted by Crippen LogP contribution is 2.31. The van der Waals surface area contributed by atoms with Crippen LogP contribution in [0, 0.1) is 5.82 Å². The lowest BCUT2D eigenvalue weighted by Crippen LogP contribution is -2.43. The Kier molecular flexibility index (Phi) is 6.06. The maximum Gasteiger partial charge on any atom is 0.416 e. The summed E-state index contributed by atoms with van der Waals surface area (Å²) >= 11 is 0. The van der Waals surface area contributed by atoms with Crippen LogP contribution in [0.25, 0.3) is 0 Å². The molecular weight excluding hydrogens is 399 g/mol. The zero-order valence-electron chi connectivity index (χ0n) is 18.2. The number of nitrogens with zero attached hydrogens (tertiary/aromatic N) is 4. The summed E-state index contributed by atoms with van der Waals surface area (Å²) in [5.74, 6) is -0.491. The van der Waals surface area contributed by atoms with Gasteiger partial charge in [0.05, 0.1) is 17.8 Å². The first-order valence-corrected chi connectivity index (χ1v) is 10.6. The van der Waals surface area contributed by atoms with Gasteiger partial charge in [0.2, 0.25) is 5.95 Å². The number of aromatic nitrogens is 2. The molecule has 1 amide bonds. The number of ether oxygens (including phenoxy) is 1. The maximum absolute atomic E-state index is 14.4. The van der Waals surface area contributed by atoms with Crippen molar-refractivity contribution in [3.8, 4) is 0 Å². The van der Waals surface area contributed by atoms with E-state index in [1.54, 1.807) is 13.8 Å². The number of halogens is 1. The van der Waals surface area contributed by atoms with E-state index in [1.807, 2.05) is 6.92 Å². The van der Waals surface area contributed by atoms with Gasteiger partial charge in [0.1, 0.15) is 6.61 Å². The van der Waals surface area contributed by atoms with Crippen molar-refractivity contribution >= 4 is 17.9 Å². The number of carbonyl (C=O) groups excluding carboxylic acids is 1. The van der Waals surface area contributed by atoms with Crippen molar-refractivity contribution in [3.63, 3.8) is 0 Å². The lowest BCUT2D eigenvalue weighted by molar-refractivity contribution is 0.175. The Balaban J connectivity index is 1.45. The molecule has 1 aromatic carbocycles. The molecule has 0 bridgehead atoms. The predicted octanol–water partition coefficient (Wildman–Crippen LogP) is 2.93. The molecule has 0 saturated carbocycles. The number of piperazine rings is 1. The van der Waals surface area contributed by atoms with Gasteiger partial charge < -0.3 is 15.4 Å². The van der Waals surface area contributed by atoms with Crippen LogP contribution >= 0.6 is 0 Å². The topological polar surface area (TPSA) is 82.6 Å². The molecule has 0 unspecified atom stereocenters. The second kappa shape index (κ2) is 8.76. The highest BCUT2D eigenvalue weighted by atomic mass is 19.1. The molecule has 0 spiro atoms. The van der Waals surface area contributed by atoms with Gasteiger partial charge in [-0.15, -0.1) is 0 Å². The highest BCUT2D eigenvalue weighted by molar-refractivity contribution is 5.90. The SMILES string of the molecule is C[C@H](Nc1ncc(F)c(N2C(=O)OCC2(C)C)n1)c1ccc(CN2CCNCC2)cc1. The fourth-order valence-electron chi connectivity index (χ4n) is 3.89. The van der Waals surface area contributed by atoms with Crippen LogP contribution in [0.2, 0.25) is 0 Å². The molecule has 2 saturated heterocycles. The zero-order chi connectivity index (χ0) is 22.0. The molecule has 3 heterocycles. The minimum Gasteiger partial charge on any atom is -0.447 e. The number of carbonyl (C=O) groups is 1. The van der Waals surface area contributed by atoms with Gasteiger partial charge in [-0.05, 0) is 31.9 Å². The Morgan fingerprint density at radius 3 is 2.61 bits per heavy atom. The van der Waals surface area contributed by atoms with E-state index < -0.39 is 17.4 Å². The predicted molar refractivity (Wildman–Crippen MR) is 117 cm³/mol. The maximum atomic E-state index is 14.4. The second-order valence-corrected chi connectivity index (χ2v) is 8.70. The van der Waals surface area contributed by atoms with E-state index in [-0.39, 0.29) is 24.4 Å². The van der Waals surface area contributed by atoms with Gasteiger partial charge in [0.15, 0.2) is 11.6 Å². The number of nitrogens with one attached hydrogen (secondary N) is 2. The average Bonchev–Trinajstić information content (AvgIpc) is 3.03. The summed E-state index contributed by atoms with van der Waals surface area (Å²) in [5.41, 5.74) is 1.66. The molecular formula is C22H29FN6O2. The van der Waals surface area contributed by atoms with E-state index in [2.05, 4.69) is 49.8 Å². The van der Waals surface area contributed by atoms with Crippen molar-refractivity contribution in [2.24, 2.45) is 0 Å². The van der Waals surface area contributed by atoms with Crippen molar-refractivity contribution in [1.82, 2.24) is 20.2 Å². The third-order valence-electron chi connectivity index (χ3n) is 5.72. The van der Waals surface area contributed by atoms with Gasteiger partial charge in [0, 0.05) is 32.7 Å². The summed E-state index contributed by atoms with van der Waals surface area (Å²) in [5, 5.41) is 6.57. The van der Waals surface area contributed by atoms with Crippen LogP contribution < -0.4 is 15.5 Å². The van der Waals surface area contributed by atoms with Crippen LogP contribution in [0.3, 0.4) is 0 Å². The number of amides is 1. The van der Waals surface area contributed by atoms with E-state index in [4.69, 9.17) is 4.74 Å². The summed E-state index contributed by atoms with van der Waals surface area (Å²) in [6.45, 7) is 10.9. The largest absolute Gasteiger partial charge is 0.447 e. The third-order valence-corrected chi connectivity index (χ3v) is 5.72. The average molecular weight is 429 g/mol. The second-order valence-electron chi connectivity index (χ2n) is 8.70. The fourth-order valence-corrected chi connectivity index (χ4v) is 3.89. The highest BCUT2D eigenvalue weighted by Gasteiger charge is 2.43. The van der Waals surface area contributed by atoms with E-state index in [9.17, 15) is 9.18 Å². The van der Waals surface area contributed by atoms with Crippen LogP contribution in [0.4, 0.5) is 21.0 Å². The molecule has 31 heavy (non-hydrogen) atoms. The summed E-state index contributed by atoms with van der Waals surface area (Å²) in [7, 11) is 0. The van der Waals surface area contributed by atoms with Crippen LogP contribution in [-0.4, -0.2) is 59.3 Å². The van der Waals surface area contributed by atoms with Crippen molar-refractivity contribution in [1.29, 1.82) is 0 Å². The van der Waals surface area contributed by atoms with Crippen molar-refractivity contribution in [2.75, 3.05) is 43.0 Å². The lowest BCUT2D eigenvalue weighted by Gasteiger charge is -2.27. The molecule has 8 nitrogen and oxygen atoms in total. The standard InChI is InChI=1S/C22H29FN6O2/c1-15(17-6-4-16(5-7-17)13-28-10-8-24-9-11-28)26-20-25-12-18(23)19(27-20)29-21(30)31-14-22(29,2)3/h4-7,12,15,24H,8-11,13-14H2,1-3H3,(H,25,26,27)/t15-/m0/s1. The van der Waals surface area contributed by atoms with Crippen LogP contribution in [0.15, 0.2) is 30.5 Å². The van der Waals surface area contributed by atoms with Crippen molar-refractivity contribution in [3.05, 3.63) is 47.4 Å². The van der Waals surface area contributed by atoms with Crippen LogP contribution in [-0.2, 0) is 11.3 Å². The van der Waals surface area contributed by atoms with Gasteiger partial charge in [-0.2, -0.15) is 4.98 Å². The third kappa shape index (κ3) is 4.77. The number of hydrogen-bond donors (Lipinski definition) is 2. The number of hydrogen-bond acceptors (Lipinski definition) is 7. The van der Waals surface area contributed by atoms with Gasteiger partial charge in [-0.1, -0.05) is 24.3 Å². The van der Waals surface area contributed by atoms with Gasteiger partial charge in [-0.25, -0.2) is 19.1 Å². The van der Waals surface area contributed by atoms with Gasteiger partial charge in [-0.3, -0.25) is 4.90 Å². The first kappa shape index (κ1) is 21.5. The van der Waals surface area contributed by atoms with E-state index >= 15 is 0 Å². The van der Waals surface area contributed by atoms with E-state index in [0.29, 0.717) is 0 Å². The lowest BCUT2D eigenvalue weighted by atomic mass is 10.1. The Labute approximate surface area is 181 Å². The van der Waals surface area contributed by atoms with Gasteiger partial charge >= 0.3 is 6.09 Å². The van der Waals surface area contributed by atoms with Crippen LogP contribution in [0.1, 0.15) is 37.9 Å². The van der Waals surface area contributed by atoms with Crippen LogP contribution in [0.5, 0.6) is 0 Å². The molecule has 9 heteroatoms. The molecule has 4 rings (SSSR count). The Morgan fingerprint density at radius 2 is 1.97 bits per heavy atom. The van der Waals surface area contributed by atoms with Crippen molar-refractivity contribution < 1.29 is 13.9 Å². The summed E-state index contributed by atoms with van der Waals surface area (Å²) < 4.78 is 19.5. The Bertz CT molecular complexity index is 930. The molecule has 1 atom stereocenters. The first-order chi connectivity index (χ1) is 14.8. The Morgan fingerprint density at radius 1 is 1.26 bits per heavy atom. The normalized spacial score (nSPS) is 19.9. The minimum atomic E-state index is -0.685. The molecule has 0 aliphatic carbocycles. The smallest absolute Gasteiger partial charge is 0.416 e. The quantitative estimate of drug-likeness (QED) is 0.732. The first-order valence-electron chi connectivity index (χ1n) is 10.6. The molecule has 2 aliphatic heterocycles. The number of cyclic esters (lactones) is 1. The molecule has 2 aliphatic rings. The molecule has 0 radical (unpaired) electrons. The van der Waals surface area contributed by atoms with E-state index in [1.165, 1.54) is 10.5 Å². The van der Waals surface area contributed by atoms with Crippen molar-refractivity contribution in [2.45, 2.75) is 38.9 Å². The number of benzene rings is 1. The summed E-state index contributed by atoms with van der Waals surface area (Å²) in [6, 6.07) is 8.34. The minimum absolute atomic E-state index is 0.0800. The molecule has 2 aromatic rings.